The van der Waals surface area contributed by atoms with Gasteiger partial charge in [0.1, 0.15) is 11.5 Å². The predicted octanol–water partition coefficient (Wildman–Crippen LogP) is 3.64. The summed E-state index contributed by atoms with van der Waals surface area (Å²) in [6, 6.07) is 9.75. The molecule has 2 aromatic rings. The molecule has 0 aliphatic carbocycles. The van der Waals surface area contributed by atoms with Crippen LogP contribution in [0.5, 0.6) is 11.5 Å². The summed E-state index contributed by atoms with van der Waals surface area (Å²) in [5.41, 5.74) is 6.04. The van der Waals surface area contributed by atoms with Crippen molar-refractivity contribution in [2.45, 2.75) is 0 Å². The Balaban J connectivity index is 1.96. The molecular formula is C16H15Cl2N3O3S. The van der Waals surface area contributed by atoms with Gasteiger partial charge in [0.15, 0.2) is 5.11 Å². The third-order valence-electron chi connectivity index (χ3n) is 3.08. The average Bonchev–Trinajstić information content (AvgIpc) is 2.61. The molecule has 0 atom stereocenters. The number of nitrogens with one attached hydrogen (secondary N) is 3. The van der Waals surface area contributed by atoms with Crippen LogP contribution in [0.1, 0.15) is 10.4 Å². The van der Waals surface area contributed by atoms with Crippen LogP contribution in [0.25, 0.3) is 0 Å². The maximum Gasteiger partial charge on any atom is 0.269 e. The zero-order chi connectivity index (χ0) is 18.4. The first-order chi connectivity index (χ1) is 11.9. The zero-order valence-corrected chi connectivity index (χ0v) is 15.7. The Bertz CT molecular complexity index is 780. The summed E-state index contributed by atoms with van der Waals surface area (Å²) in [7, 11) is 3.10. The van der Waals surface area contributed by atoms with Crippen molar-refractivity contribution in [1.82, 2.24) is 10.9 Å². The molecule has 1 amide bonds. The molecule has 3 N–H and O–H groups in total. The molecule has 0 fully saturated rings. The van der Waals surface area contributed by atoms with Crippen molar-refractivity contribution in [2.75, 3.05) is 19.5 Å². The summed E-state index contributed by atoms with van der Waals surface area (Å²) in [6.45, 7) is 0. The fourth-order valence-electron chi connectivity index (χ4n) is 1.87. The molecule has 0 aliphatic rings. The van der Waals surface area contributed by atoms with E-state index in [1.807, 2.05) is 0 Å². The number of methoxy groups -OCH3 is 2. The molecule has 9 heteroatoms. The van der Waals surface area contributed by atoms with Crippen LogP contribution in [0.15, 0.2) is 36.4 Å². The average molecular weight is 400 g/mol. The van der Waals surface area contributed by atoms with Gasteiger partial charge in [0.05, 0.1) is 24.3 Å². The largest absolute Gasteiger partial charge is 0.497 e. The molecular weight excluding hydrogens is 385 g/mol. The van der Waals surface area contributed by atoms with Gasteiger partial charge < -0.3 is 14.8 Å². The van der Waals surface area contributed by atoms with Gasteiger partial charge in [-0.05, 0) is 30.4 Å². The van der Waals surface area contributed by atoms with Crippen LogP contribution in [-0.4, -0.2) is 25.2 Å². The fraction of sp³-hybridized carbons (Fsp3) is 0.125. The summed E-state index contributed by atoms with van der Waals surface area (Å²) in [4.78, 5) is 12.1. The van der Waals surface area contributed by atoms with Crippen LogP contribution < -0.4 is 25.6 Å². The van der Waals surface area contributed by atoms with E-state index in [0.29, 0.717) is 32.8 Å². The zero-order valence-electron chi connectivity index (χ0n) is 13.4. The van der Waals surface area contributed by atoms with E-state index >= 15 is 0 Å². The first kappa shape index (κ1) is 19.1. The quantitative estimate of drug-likeness (QED) is 0.538. The van der Waals surface area contributed by atoms with Crippen molar-refractivity contribution in [1.29, 1.82) is 0 Å². The minimum absolute atomic E-state index is 0.184. The highest BCUT2D eigenvalue weighted by atomic mass is 35.5. The van der Waals surface area contributed by atoms with Gasteiger partial charge in [0, 0.05) is 29.4 Å². The molecule has 2 aromatic carbocycles. The highest BCUT2D eigenvalue weighted by Gasteiger charge is 2.09. The smallest absolute Gasteiger partial charge is 0.269 e. The molecule has 0 saturated heterocycles. The number of carbonyl (C=O) groups excluding carboxylic acids is 1. The molecule has 25 heavy (non-hydrogen) atoms. The molecule has 0 heterocycles. The van der Waals surface area contributed by atoms with Gasteiger partial charge in [-0.25, -0.2) is 0 Å². The number of halogens is 2. The maximum atomic E-state index is 12.1. The number of anilines is 1. The lowest BCUT2D eigenvalue weighted by Crippen LogP contribution is -2.43. The molecule has 2 rings (SSSR count). The standard InChI is InChI=1S/C16H15Cl2N3O3S/c1-23-11-6-10(7-12(8-11)24-2)19-16(25)21-20-15(22)9-3-4-13(17)14(18)5-9/h3-8H,1-2H3,(H,20,22)(H2,19,21,25). The summed E-state index contributed by atoms with van der Waals surface area (Å²) in [5, 5.41) is 3.76. The van der Waals surface area contributed by atoms with Crippen molar-refractivity contribution < 1.29 is 14.3 Å². The number of hydrogen-bond donors (Lipinski definition) is 3. The summed E-state index contributed by atoms with van der Waals surface area (Å²) in [6.07, 6.45) is 0. The Kier molecular flexibility index (Phi) is 6.69. The van der Waals surface area contributed by atoms with E-state index in [1.165, 1.54) is 12.1 Å². The van der Waals surface area contributed by atoms with E-state index in [-0.39, 0.29) is 5.11 Å². The molecule has 6 nitrogen and oxygen atoms in total. The van der Waals surface area contributed by atoms with E-state index in [4.69, 9.17) is 44.9 Å². The van der Waals surface area contributed by atoms with Crippen LogP contribution >= 0.6 is 35.4 Å². The number of carbonyl (C=O) groups is 1. The van der Waals surface area contributed by atoms with Crippen molar-refractivity contribution in [3.05, 3.63) is 52.0 Å². The predicted molar refractivity (Wildman–Crippen MR) is 103 cm³/mol. The molecule has 0 aromatic heterocycles. The second-order valence-corrected chi connectivity index (χ2v) is 5.99. The Hall–Kier alpha value is -2.22. The fourth-order valence-corrected chi connectivity index (χ4v) is 2.33. The van der Waals surface area contributed by atoms with Gasteiger partial charge in [-0.3, -0.25) is 15.6 Å². The van der Waals surface area contributed by atoms with Crippen LogP contribution in [0.3, 0.4) is 0 Å². The number of amides is 1. The molecule has 0 saturated carbocycles. The van der Waals surface area contributed by atoms with Gasteiger partial charge in [-0.2, -0.15) is 0 Å². The molecule has 0 unspecified atom stereocenters. The number of rotatable bonds is 4. The first-order valence-corrected chi connectivity index (χ1v) is 8.15. The van der Waals surface area contributed by atoms with Gasteiger partial charge in [-0.1, -0.05) is 23.2 Å². The van der Waals surface area contributed by atoms with Gasteiger partial charge in [0.2, 0.25) is 0 Å². The normalized spacial score (nSPS) is 9.92. The van der Waals surface area contributed by atoms with E-state index in [2.05, 4.69) is 16.2 Å². The van der Waals surface area contributed by atoms with Crippen LogP contribution in [0, 0.1) is 0 Å². The lowest BCUT2D eigenvalue weighted by molar-refractivity contribution is 0.0944. The van der Waals surface area contributed by atoms with Crippen molar-refractivity contribution >= 4 is 52.1 Å². The van der Waals surface area contributed by atoms with E-state index in [0.717, 1.165) is 0 Å². The van der Waals surface area contributed by atoms with Crippen molar-refractivity contribution in [3.8, 4) is 11.5 Å². The van der Waals surface area contributed by atoms with Crippen molar-refractivity contribution in [2.24, 2.45) is 0 Å². The van der Waals surface area contributed by atoms with E-state index < -0.39 is 5.91 Å². The minimum atomic E-state index is -0.411. The SMILES string of the molecule is COc1cc(NC(=S)NNC(=O)c2ccc(Cl)c(Cl)c2)cc(OC)c1. The number of benzene rings is 2. The molecule has 0 radical (unpaired) electrons. The Morgan fingerprint density at radius 1 is 0.960 bits per heavy atom. The van der Waals surface area contributed by atoms with E-state index in [1.54, 1.807) is 38.5 Å². The highest BCUT2D eigenvalue weighted by Crippen LogP contribution is 2.25. The maximum absolute atomic E-state index is 12.1. The molecule has 0 spiro atoms. The summed E-state index contributed by atoms with van der Waals surface area (Å²) in [5.74, 6) is 0.792. The number of hydrogen-bond acceptors (Lipinski definition) is 4. The second kappa shape index (κ2) is 8.75. The lowest BCUT2D eigenvalue weighted by Gasteiger charge is -2.13. The molecule has 132 valence electrons. The Morgan fingerprint density at radius 3 is 2.16 bits per heavy atom. The van der Waals surface area contributed by atoms with Crippen LogP contribution in [-0.2, 0) is 0 Å². The third kappa shape index (κ3) is 5.38. The highest BCUT2D eigenvalue weighted by molar-refractivity contribution is 7.80. The summed E-state index contributed by atoms with van der Waals surface area (Å²) < 4.78 is 10.4. The van der Waals surface area contributed by atoms with Crippen LogP contribution in [0.4, 0.5) is 5.69 Å². The van der Waals surface area contributed by atoms with E-state index in [9.17, 15) is 4.79 Å². The monoisotopic (exact) mass is 399 g/mol. The minimum Gasteiger partial charge on any atom is -0.497 e. The Morgan fingerprint density at radius 2 is 1.60 bits per heavy atom. The van der Waals surface area contributed by atoms with Crippen molar-refractivity contribution in [3.63, 3.8) is 0 Å². The number of hydrazine groups is 1. The summed E-state index contributed by atoms with van der Waals surface area (Å²) >= 11 is 16.9. The van der Waals surface area contributed by atoms with Gasteiger partial charge in [-0.15, -0.1) is 0 Å². The number of thiocarbonyl (C=S) groups is 1. The lowest BCUT2D eigenvalue weighted by atomic mass is 10.2. The topological polar surface area (TPSA) is 71.6 Å². The van der Waals surface area contributed by atoms with Gasteiger partial charge in [0.25, 0.3) is 5.91 Å². The number of ether oxygens (including phenoxy) is 2. The second-order valence-electron chi connectivity index (χ2n) is 4.76. The third-order valence-corrected chi connectivity index (χ3v) is 4.02. The van der Waals surface area contributed by atoms with Crippen LogP contribution in [0.2, 0.25) is 10.0 Å². The molecule has 0 bridgehead atoms. The molecule has 0 aliphatic heterocycles. The Labute approximate surface area is 160 Å². The first-order valence-electron chi connectivity index (χ1n) is 6.98. The van der Waals surface area contributed by atoms with Gasteiger partial charge >= 0.3 is 0 Å².